The number of carbonyl (C=O) groups excluding carboxylic acids is 1. The highest BCUT2D eigenvalue weighted by molar-refractivity contribution is 5.96. The summed E-state index contributed by atoms with van der Waals surface area (Å²) in [5.41, 5.74) is 9.54. The van der Waals surface area contributed by atoms with Gasteiger partial charge < -0.3 is 15.4 Å². The first-order valence-electron chi connectivity index (χ1n) is 14.8. The van der Waals surface area contributed by atoms with E-state index in [9.17, 15) is 9.59 Å². The van der Waals surface area contributed by atoms with E-state index in [0.29, 0.717) is 60.2 Å². The number of Topliss-reactive ketones (excluding diaryl/α,β-unsaturated/α-hetero) is 1. The third-order valence-electron chi connectivity index (χ3n) is 8.04. The molecule has 3 aromatic carbocycles. The number of imidazole rings is 1. The third kappa shape index (κ3) is 6.22. The molecule has 1 aliphatic heterocycles. The Kier molecular flexibility index (Phi) is 8.33. The van der Waals surface area contributed by atoms with Gasteiger partial charge in [-0.25, -0.2) is 4.98 Å². The summed E-state index contributed by atoms with van der Waals surface area (Å²) in [6, 6.07) is 27.0. The predicted molar refractivity (Wildman–Crippen MR) is 168 cm³/mol. The molecule has 6 rings (SSSR count). The second-order valence-electron chi connectivity index (χ2n) is 11.1. The van der Waals surface area contributed by atoms with Gasteiger partial charge in [-0.3, -0.25) is 18.7 Å². The number of aromatic nitrogens is 4. The van der Waals surface area contributed by atoms with Gasteiger partial charge >= 0.3 is 0 Å². The summed E-state index contributed by atoms with van der Waals surface area (Å²) in [6.45, 7) is 1.78. The number of ketones is 1. The summed E-state index contributed by atoms with van der Waals surface area (Å²) in [5, 5.41) is 0. The van der Waals surface area contributed by atoms with E-state index in [1.54, 1.807) is 31.4 Å². The molecule has 9 nitrogen and oxygen atoms in total. The Morgan fingerprint density at radius 1 is 0.907 bits per heavy atom. The van der Waals surface area contributed by atoms with Crippen molar-refractivity contribution in [3.8, 4) is 5.75 Å². The summed E-state index contributed by atoms with van der Waals surface area (Å²) < 4.78 is 8.74. The van der Waals surface area contributed by atoms with Crippen molar-refractivity contribution in [2.75, 3.05) is 25.1 Å². The van der Waals surface area contributed by atoms with Gasteiger partial charge in [0.25, 0.3) is 5.56 Å². The standard InChI is InChI=1S/C34H36N6O3/c1-43-28-17-15-26(16-18-28)29(41)23-39-30(19-14-24-9-4-2-5-10-24)36-32-31(33(39)42)40(21-25-11-6-3-7-12-25)34(37-32)38-20-8-13-27(35)22-38/h2-7,9-12,15-18,27H,8,13-14,19-23,35H2,1H3. The molecule has 0 bridgehead atoms. The minimum Gasteiger partial charge on any atom is -0.497 e. The average Bonchev–Trinajstić information content (AvgIpc) is 3.40. The largest absolute Gasteiger partial charge is 0.497 e. The second-order valence-corrected chi connectivity index (χ2v) is 11.1. The monoisotopic (exact) mass is 576 g/mol. The van der Waals surface area contributed by atoms with Crippen LogP contribution in [-0.4, -0.2) is 51.1 Å². The molecule has 0 aliphatic carbocycles. The fourth-order valence-corrected chi connectivity index (χ4v) is 5.76. The smallest absolute Gasteiger partial charge is 0.280 e. The van der Waals surface area contributed by atoms with E-state index in [0.717, 1.165) is 30.5 Å². The number of hydrogen-bond acceptors (Lipinski definition) is 7. The Labute approximate surface area is 250 Å². The van der Waals surface area contributed by atoms with Gasteiger partial charge in [-0.15, -0.1) is 0 Å². The molecule has 0 radical (unpaired) electrons. The molecule has 9 heteroatoms. The number of nitrogens with zero attached hydrogens (tertiary/aromatic N) is 5. The van der Waals surface area contributed by atoms with Gasteiger partial charge in [-0.2, -0.15) is 4.98 Å². The number of rotatable bonds is 10. The molecule has 5 aromatic rings. The lowest BCUT2D eigenvalue weighted by Gasteiger charge is -2.31. The molecular weight excluding hydrogens is 540 g/mol. The van der Waals surface area contributed by atoms with Gasteiger partial charge in [0.15, 0.2) is 16.9 Å². The van der Waals surface area contributed by atoms with Crippen LogP contribution in [0.5, 0.6) is 5.75 Å². The van der Waals surface area contributed by atoms with Gasteiger partial charge in [0, 0.05) is 31.1 Å². The van der Waals surface area contributed by atoms with E-state index in [1.165, 1.54) is 4.57 Å². The molecule has 0 spiro atoms. The molecule has 3 heterocycles. The van der Waals surface area contributed by atoms with Crippen LogP contribution in [0.15, 0.2) is 89.7 Å². The molecule has 0 saturated carbocycles. The van der Waals surface area contributed by atoms with E-state index in [2.05, 4.69) is 17.0 Å². The Balaban J connectivity index is 1.47. The normalized spacial score (nSPS) is 15.1. The van der Waals surface area contributed by atoms with Gasteiger partial charge in [-0.1, -0.05) is 60.7 Å². The fourth-order valence-electron chi connectivity index (χ4n) is 5.76. The maximum atomic E-state index is 14.4. The van der Waals surface area contributed by atoms with Crippen molar-refractivity contribution in [3.05, 3.63) is 118 Å². The molecule has 0 amide bonds. The van der Waals surface area contributed by atoms with Crippen LogP contribution in [0.1, 0.15) is 40.2 Å². The minimum absolute atomic E-state index is 0.0342. The summed E-state index contributed by atoms with van der Waals surface area (Å²) in [6.07, 6.45) is 3.07. The molecule has 1 atom stereocenters. The molecule has 1 saturated heterocycles. The first kappa shape index (κ1) is 28.4. The molecule has 2 aromatic heterocycles. The first-order valence-corrected chi connectivity index (χ1v) is 14.8. The van der Waals surface area contributed by atoms with E-state index in [1.807, 2.05) is 53.1 Å². The van der Waals surface area contributed by atoms with Crippen LogP contribution in [0.25, 0.3) is 11.2 Å². The number of benzene rings is 3. The fraction of sp³-hybridized carbons (Fsp3) is 0.294. The minimum atomic E-state index is -0.272. The van der Waals surface area contributed by atoms with Crippen LogP contribution >= 0.6 is 0 Å². The highest BCUT2D eigenvalue weighted by Crippen LogP contribution is 2.25. The number of anilines is 1. The summed E-state index contributed by atoms with van der Waals surface area (Å²) in [7, 11) is 1.58. The summed E-state index contributed by atoms with van der Waals surface area (Å²) >= 11 is 0. The lowest BCUT2D eigenvalue weighted by Crippen LogP contribution is -2.44. The SMILES string of the molecule is COc1ccc(C(=O)Cn2c(CCc3ccccc3)nc3nc(N4CCCC(N)C4)n(Cc4ccccc4)c3c2=O)cc1. The van der Waals surface area contributed by atoms with E-state index >= 15 is 0 Å². The molecule has 43 heavy (non-hydrogen) atoms. The van der Waals surface area contributed by atoms with Crippen LogP contribution in [0, 0.1) is 0 Å². The van der Waals surface area contributed by atoms with Crippen molar-refractivity contribution in [2.24, 2.45) is 5.73 Å². The molecule has 220 valence electrons. The van der Waals surface area contributed by atoms with Crippen LogP contribution < -0.4 is 20.9 Å². The van der Waals surface area contributed by atoms with Crippen molar-refractivity contribution in [1.82, 2.24) is 19.1 Å². The van der Waals surface area contributed by atoms with Crippen LogP contribution in [0.4, 0.5) is 5.95 Å². The van der Waals surface area contributed by atoms with Crippen molar-refractivity contribution in [3.63, 3.8) is 0 Å². The quantitative estimate of drug-likeness (QED) is 0.248. The van der Waals surface area contributed by atoms with Crippen molar-refractivity contribution >= 4 is 22.9 Å². The number of ether oxygens (including phenoxy) is 1. The Hall–Kier alpha value is -4.76. The first-order chi connectivity index (χ1) is 21.0. The van der Waals surface area contributed by atoms with Gasteiger partial charge in [0.2, 0.25) is 5.95 Å². The number of hydrogen-bond donors (Lipinski definition) is 1. The van der Waals surface area contributed by atoms with Crippen LogP contribution in [0.2, 0.25) is 0 Å². The molecule has 1 fully saturated rings. The number of nitrogens with two attached hydrogens (primary N) is 1. The van der Waals surface area contributed by atoms with E-state index in [-0.39, 0.29) is 23.9 Å². The van der Waals surface area contributed by atoms with Crippen LogP contribution in [-0.2, 0) is 25.9 Å². The lowest BCUT2D eigenvalue weighted by molar-refractivity contribution is 0.0969. The number of carbonyl (C=O) groups is 1. The summed E-state index contributed by atoms with van der Waals surface area (Å²) in [5.74, 6) is 1.71. The third-order valence-corrected chi connectivity index (χ3v) is 8.04. The summed E-state index contributed by atoms with van der Waals surface area (Å²) in [4.78, 5) is 40.0. The second kappa shape index (κ2) is 12.6. The topological polar surface area (TPSA) is 108 Å². The Bertz CT molecular complexity index is 1760. The number of fused-ring (bicyclic) bond motifs is 1. The zero-order valence-electron chi connectivity index (χ0n) is 24.4. The maximum Gasteiger partial charge on any atom is 0.280 e. The number of methoxy groups -OCH3 is 1. The van der Waals surface area contributed by atoms with Crippen LogP contribution in [0.3, 0.4) is 0 Å². The van der Waals surface area contributed by atoms with E-state index in [4.69, 9.17) is 20.4 Å². The Morgan fingerprint density at radius 2 is 1.60 bits per heavy atom. The maximum absolute atomic E-state index is 14.4. The van der Waals surface area contributed by atoms with Crippen molar-refractivity contribution in [1.29, 1.82) is 0 Å². The molecule has 1 aliphatic rings. The predicted octanol–water partition coefficient (Wildman–Crippen LogP) is 4.25. The lowest BCUT2D eigenvalue weighted by atomic mass is 10.1. The molecule has 1 unspecified atom stereocenters. The van der Waals surface area contributed by atoms with Gasteiger partial charge in [-0.05, 0) is 54.7 Å². The number of aryl methyl sites for hydroxylation is 2. The van der Waals surface area contributed by atoms with Crippen molar-refractivity contribution < 1.29 is 9.53 Å². The zero-order valence-corrected chi connectivity index (χ0v) is 24.4. The Morgan fingerprint density at radius 3 is 2.28 bits per heavy atom. The molecule has 2 N–H and O–H groups in total. The van der Waals surface area contributed by atoms with Gasteiger partial charge in [0.1, 0.15) is 11.6 Å². The van der Waals surface area contributed by atoms with E-state index < -0.39 is 0 Å². The molecular formula is C34H36N6O3. The highest BCUT2D eigenvalue weighted by Gasteiger charge is 2.26. The van der Waals surface area contributed by atoms with Gasteiger partial charge in [0.05, 0.1) is 20.2 Å². The number of piperidine rings is 1. The average molecular weight is 577 g/mol. The highest BCUT2D eigenvalue weighted by atomic mass is 16.5. The zero-order chi connectivity index (χ0) is 29.8. The van der Waals surface area contributed by atoms with Crippen molar-refractivity contribution in [2.45, 2.75) is 44.8 Å².